The lowest BCUT2D eigenvalue weighted by Gasteiger charge is -2.17. The first-order valence-corrected chi connectivity index (χ1v) is 5.72. The average molecular weight is 265 g/mol. The van der Waals surface area contributed by atoms with Gasteiger partial charge in [-0.1, -0.05) is 29.4 Å². The Morgan fingerprint density at radius 1 is 1.32 bits per heavy atom. The molecular formula is C12H15N3O4. The molecule has 2 unspecified atom stereocenters. The largest absolute Gasteiger partial charge is 0.481 e. The molecule has 0 aliphatic carbocycles. The average Bonchev–Trinajstić information content (AvgIpc) is 2.38. The predicted molar refractivity (Wildman–Crippen MR) is 67.4 cm³/mol. The Balaban J connectivity index is 2.63. The van der Waals surface area contributed by atoms with Gasteiger partial charge in [0.05, 0.1) is 12.5 Å². The number of nitrogens with zero attached hydrogens (tertiary/aromatic N) is 3. The van der Waals surface area contributed by atoms with E-state index in [2.05, 4.69) is 10.0 Å². The highest BCUT2D eigenvalue weighted by molar-refractivity contribution is 5.70. The molecule has 1 aromatic rings. The fourth-order valence-electron chi connectivity index (χ4n) is 1.62. The molecule has 7 nitrogen and oxygen atoms in total. The SMILES string of the molecule is [N-]=[N+]=NCCC(O)C(O)c1ccc(CC(=O)O)cc1. The second kappa shape index (κ2) is 7.38. The minimum atomic E-state index is -1.09. The zero-order chi connectivity index (χ0) is 14.3. The van der Waals surface area contributed by atoms with Gasteiger partial charge in [-0.2, -0.15) is 0 Å². The lowest BCUT2D eigenvalue weighted by molar-refractivity contribution is -0.136. The van der Waals surface area contributed by atoms with Crippen molar-refractivity contribution in [2.24, 2.45) is 5.11 Å². The van der Waals surface area contributed by atoms with Gasteiger partial charge >= 0.3 is 5.97 Å². The second-order valence-corrected chi connectivity index (χ2v) is 4.07. The van der Waals surface area contributed by atoms with Gasteiger partial charge in [-0.05, 0) is 23.1 Å². The van der Waals surface area contributed by atoms with Crippen molar-refractivity contribution in [1.29, 1.82) is 0 Å². The minimum Gasteiger partial charge on any atom is -0.481 e. The molecule has 0 spiro atoms. The van der Waals surface area contributed by atoms with E-state index in [0.717, 1.165) is 0 Å². The Morgan fingerprint density at radius 2 is 1.95 bits per heavy atom. The zero-order valence-electron chi connectivity index (χ0n) is 10.2. The number of carboxylic acid groups (broad SMARTS) is 1. The number of hydrogen-bond donors (Lipinski definition) is 3. The van der Waals surface area contributed by atoms with Crippen molar-refractivity contribution in [3.05, 3.63) is 45.8 Å². The predicted octanol–water partition coefficient (Wildman–Crippen LogP) is 1.41. The van der Waals surface area contributed by atoms with Crippen LogP contribution in [0.4, 0.5) is 0 Å². The summed E-state index contributed by atoms with van der Waals surface area (Å²) in [7, 11) is 0. The highest BCUT2D eigenvalue weighted by Crippen LogP contribution is 2.19. The maximum atomic E-state index is 10.5. The summed E-state index contributed by atoms with van der Waals surface area (Å²) in [5.41, 5.74) is 9.21. The Bertz CT molecular complexity index is 468. The molecular weight excluding hydrogens is 250 g/mol. The topological polar surface area (TPSA) is 127 Å². The van der Waals surface area contributed by atoms with Crippen LogP contribution in [-0.2, 0) is 11.2 Å². The van der Waals surface area contributed by atoms with Crippen LogP contribution in [0.2, 0.25) is 0 Å². The summed E-state index contributed by atoms with van der Waals surface area (Å²) in [6, 6.07) is 6.32. The first-order valence-electron chi connectivity index (χ1n) is 5.72. The molecule has 0 saturated carbocycles. The molecule has 0 aromatic heterocycles. The Labute approximate surface area is 109 Å². The van der Waals surface area contributed by atoms with Gasteiger partial charge in [0, 0.05) is 11.5 Å². The van der Waals surface area contributed by atoms with Gasteiger partial charge < -0.3 is 15.3 Å². The van der Waals surface area contributed by atoms with Gasteiger partial charge in [-0.25, -0.2) is 0 Å². The van der Waals surface area contributed by atoms with Crippen LogP contribution in [0.25, 0.3) is 10.4 Å². The van der Waals surface area contributed by atoms with Crippen LogP contribution in [0.3, 0.4) is 0 Å². The minimum absolute atomic E-state index is 0.0875. The zero-order valence-corrected chi connectivity index (χ0v) is 10.2. The van der Waals surface area contributed by atoms with Crippen molar-refractivity contribution in [3.63, 3.8) is 0 Å². The van der Waals surface area contributed by atoms with Gasteiger partial charge in [0.15, 0.2) is 0 Å². The molecule has 0 amide bonds. The number of rotatable bonds is 7. The quantitative estimate of drug-likeness (QED) is 0.391. The van der Waals surface area contributed by atoms with Crippen LogP contribution in [0, 0.1) is 0 Å². The lowest BCUT2D eigenvalue weighted by atomic mass is 10.00. The standard InChI is InChI=1S/C12H15N3O4/c13-15-14-6-5-10(16)12(19)9-3-1-8(2-4-9)7-11(17)18/h1-4,10,12,16,19H,5-7H2,(H,17,18). The molecule has 102 valence electrons. The van der Waals surface area contributed by atoms with Crippen LogP contribution in [0.5, 0.6) is 0 Å². The molecule has 0 fully saturated rings. The van der Waals surface area contributed by atoms with Crippen molar-refractivity contribution in [2.75, 3.05) is 6.54 Å². The number of carboxylic acids is 1. The van der Waals surface area contributed by atoms with Gasteiger partial charge in [0.2, 0.25) is 0 Å². The number of aliphatic carboxylic acids is 1. The van der Waals surface area contributed by atoms with Crippen LogP contribution in [0.15, 0.2) is 29.4 Å². The maximum absolute atomic E-state index is 10.5. The van der Waals surface area contributed by atoms with Gasteiger partial charge in [-0.15, -0.1) is 0 Å². The van der Waals surface area contributed by atoms with Gasteiger partial charge in [0.1, 0.15) is 6.10 Å². The number of aliphatic hydroxyl groups is 2. The Kier molecular flexibility index (Phi) is 5.81. The van der Waals surface area contributed by atoms with Gasteiger partial charge in [0.25, 0.3) is 0 Å². The third kappa shape index (κ3) is 4.97. The summed E-state index contributed by atoms with van der Waals surface area (Å²) < 4.78 is 0. The molecule has 0 bridgehead atoms. The molecule has 2 atom stereocenters. The molecule has 0 radical (unpaired) electrons. The molecule has 19 heavy (non-hydrogen) atoms. The molecule has 7 heteroatoms. The molecule has 0 aliphatic rings. The number of azide groups is 1. The molecule has 1 rings (SSSR count). The molecule has 0 heterocycles. The van der Waals surface area contributed by atoms with Gasteiger partial charge in [-0.3, -0.25) is 4.79 Å². The monoisotopic (exact) mass is 265 g/mol. The van der Waals surface area contributed by atoms with Crippen LogP contribution in [-0.4, -0.2) is 33.9 Å². The third-order valence-corrected chi connectivity index (χ3v) is 2.63. The van der Waals surface area contributed by atoms with E-state index in [-0.39, 0.29) is 19.4 Å². The fraction of sp³-hybridized carbons (Fsp3) is 0.417. The lowest BCUT2D eigenvalue weighted by Crippen LogP contribution is -2.19. The second-order valence-electron chi connectivity index (χ2n) is 4.07. The first kappa shape index (κ1) is 15.0. The van der Waals surface area contributed by atoms with E-state index < -0.39 is 18.2 Å². The third-order valence-electron chi connectivity index (χ3n) is 2.63. The summed E-state index contributed by atoms with van der Waals surface area (Å²) in [6.07, 6.45) is -2.05. The number of benzene rings is 1. The van der Waals surface area contributed by atoms with Crippen molar-refractivity contribution in [2.45, 2.75) is 25.0 Å². The normalized spacial score (nSPS) is 13.4. The number of carbonyl (C=O) groups is 1. The van der Waals surface area contributed by atoms with E-state index in [1.54, 1.807) is 24.3 Å². The Morgan fingerprint density at radius 3 is 2.47 bits per heavy atom. The van der Waals surface area contributed by atoms with Crippen LogP contribution >= 0.6 is 0 Å². The molecule has 0 saturated heterocycles. The van der Waals surface area contributed by atoms with E-state index in [1.807, 2.05) is 0 Å². The highest BCUT2D eigenvalue weighted by atomic mass is 16.4. The summed E-state index contributed by atoms with van der Waals surface area (Å²) >= 11 is 0. The Hall–Kier alpha value is -2.08. The summed E-state index contributed by atoms with van der Waals surface area (Å²) in [5.74, 6) is -0.928. The van der Waals surface area contributed by atoms with Crippen molar-refractivity contribution in [3.8, 4) is 0 Å². The smallest absolute Gasteiger partial charge is 0.307 e. The maximum Gasteiger partial charge on any atom is 0.307 e. The molecule has 3 N–H and O–H groups in total. The summed E-state index contributed by atoms with van der Waals surface area (Å²) in [6.45, 7) is 0.103. The summed E-state index contributed by atoms with van der Waals surface area (Å²) in [4.78, 5) is 13.1. The summed E-state index contributed by atoms with van der Waals surface area (Å²) in [5, 5.41) is 31.4. The van der Waals surface area contributed by atoms with E-state index in [9.17, 15) is 15.0 Å². The van der Waals surface area contributed by atoms with E-state index in [4.69, 9.17) is 10.6 Å². The van der Waals surface area contributed by atoms with Crippen molar-refractivity contribution >= 4 is 5.97 Å². The highest BCUT2D eigenvalue weighted by Gasteiger charge is 2.17. The van der Waals surface area contributed by atoms with E-state index in [0.29, 0.717) is 11.1 Å². The van der Waals surface area contributed by atoms with Crippen molar-refractivity contribution in [1.82, 2.24) is 0 Å². The fourth-order valence-corrected chi connectivity index (χ4v) is 1.62. The number of hydrogen-bond acceptors (Lipinski definition) is 4. The van der Waals surface area contributed by atoms with E-state index in [1.165, 1.54) is 0 Å². The number of aliphatic hydroxyl groups excluding tert-OH is 2. The first-order chi connectivity index (χ1) is 9.04. The van der Waals surface area contributed by atoms with E-state index >= 15 is 0 Å². The van der Waals surface area contributed by atoms with Crippen molar-refractivity contribution < 1.29 is 20.1 Å². The molecule has 0 aliphatic heterocycles. The van der Waals surface area contributed by atoms with Crippen LogP contribution in [0.1, 0.15) is 23.7 Å². The van der Waals surface area contributed by atoms with Crippen LogP contribution < -0.4 is 0 Å². The molecule has 1 aromatic carbocycles.